The highest BCUT2D eigenvalue weighted by molar-refractivity contribution is 7.92. The van der Waals surface area contributed by atoms with Crippen LogP contribution in [0.15, 0.2) is 48.5 Å². The van der Waals surface area contributed by atoms with Gasteiger partial charge in [-0.2, -0.15) is 0 Å². The Balaban J connectivity index is 2.22. The van der Waals surface area contributed by atoms with Crippen LogP contribution in [-0.4, -0.2) is 56.6 Å². The Kier molecular flexibility index (Phi) is 11.7. The number of rotatable bonds is 14. The maximum absolute atomic E-state index is 13.4. The number of ether oxygens (including phenoxy) is 1. The lowest BCUT2D eigenvalue weighted by Gasteiger charge is -2.30. The minimum absolute atomic E-state index is 0.0269. The Morgan fingerprint density at radius 2 is 1.70 bits per heavy atom. The molecule has 8 nitrogen and oxygen atoms in total. The van der Waals surface area contributed by atoms with E-state index in [1.165, 1.54) is 9.21 Å². The molecular weight excluding hydrogens is 514 g/mol. The van der Waals surface area contributed by atoms with Gasteiger partial charge in [-0.1, -0.05) is 48.9 Å². The third-order valence-corrected chi connectivity index (χ3v) is 7.60. The lowest BCUT2D eigenvalue weighted by molar-refractivity contribution is -0.140. The number of nitrogens with zero attached hydrogens (tertiary/aromatic N) is 2. The van der Waals surface area contributed by atoms with Crippen LogP contribution in [0.4, 0.5) is 5.69 Å². The molecule has 0 saturated carbocycles. The standard InChI is InChI=1S/C27H38ClN3O5S/c1-6-20(3)29-27(33)21(4)30(19-22-13-8-9-14-23(22)28)26(32)17-12-18-31(37(5,34)35)24-15-10-11-16-25(24)36-7-2/h8-11,13-16,20-21H,6-7,12,17-19H2,1-5H3,(H,29,33)/t20-,21+/m0/s1. The van der Waals surface area contributed by atoms with Crippen molar-refractivity contribution in [2.45, 2.75) is 65.6 Å². The van der Waals surface area contributed by atoms with E-state index >= 15 is 0 Å². The summed E-state index contributed by atoms with van der Waals surface area (Å²) in [5.41, 5.74) is 1.15. The smallest absolute Gasteiger partial charge is 0.242 e. The lowest BCUT2D eigenvalue weighted by atomic mass is 10.1. The summed E-state index contributed by atoms with van der Waals surface area (Å²) in [5, 5.41) is 3.44. The Morgan fingerprint density at radius 3 is 2.32 bits per heavy atom. The van der Waals surface area contributed by atoms with E-state index in [1.807, 2.05) is 32.9 Å². The van der Waals surface area contributed by atoms with E-state index in [0.29, 0.717) is 23.1 Å². The summed E-state index contributed by atoms with van der Waals surface area (Å²) in [7, 11) is -3.63. The average Bonchev–Trinajstić information content (AvgIpc) is 2.85. The zero-order valence-corrected chi connectivity index (χ0v) is 23.8. The summed E-state index contributed by atoms with van der Waals surface area (Å²) in [4.78, 5) is 27.8. The molecule has 0 aromatic heterocycles. The maximum atomic E-state index is 13.4. The van der Waals surface area contributed by atoms with Gasteiger partial charge in [0.25, 0.3) is 0 Å². The van der Waals surface area contributed by atoms with Gasteiger partial charge in [-0.25, -0.2) is 8.42 Å². The SMILES string of the molecule is CCOc1ccccc1N(CCCC(=O)N(Cc1ccccc1Cl)[C@H](C)C(=O)N[C@@H](C)CC)S(C)(=O)=O. The van der Waals surface area contributed by atoms with Crippen molar-refractivity contribution >= 4 is 39.1 Å². The van der Waals surface area contributed by atoms with Gasteiger partial charge < -0.3 is 15.0 Å². The summed E-state index contributed by atoms with van der Waals surface area (Å²) in [6.45, 7) is 8.03. The number of anilines is 1. The van der Waals surface area contributed by atoms with Crippen molar-refractivity contribution in [3.63, 3.8) is 0 Å². The number of sulfonamides is 1. The molecule has 0 aliphatic rings. The first-order chi connectivity index (χ1) is 17.5. The Hall–Kier alpha value is -2.78. The van der Waals surface area contributed by atoms with Gasteiger partial charge in [0.15, 0.2) is 0 Å². The molecule has 0 radical (unpaired) electrons. The molecule has 2 rings (SSSR count). The molecular formula is C27H38ClN3O5S. The van der Waals surface area contributed by atoms with Crippen molar-refractivity contribution in [1.29, 1.82) is 0 Å². The van der Waals surface area contributed by atoms with Gasteiger partial charge in [0.05, 0.1) is 18.6 Å². The van der Waals surface area contributed by atoms with Gasteiger partial charge >= 0.3 is 0 Å². The first-order valence-electron chi connectivity index (χ1n) is 12.5. The molecule has 1 N–H and O–H groups in total. The van der Waals surface area contributed by atoms with E-state index in [1.54, 1.807) is 43.3 Å². The van der Waals surface area contributed by atoms with Crippen LogP contribution in [0, 0.1) is 0 Å². The third kappa shape index (κ3) is 8.93. The van der Waals surface area contributed by atoms with Crippen molar-refractivity contribution in [3.8, 4) is 5.75 Å². The van der Waals surface area contributed by atoms with E-state index in [4.69, 9.17) is 16.3 Å². The summed E-state index contributed by atoms with van der Waals surface area (Å²) >= 11 is 6.34. The van der Waals surface area contributed by atoms with Crippen molar-refractivity contribution in [2.75, 3.05) is 23.7 Å². The third-order valence-electron chi connectivity index (χ3n) is 6.05. The minimum Gasteiger partial charge on any atom is -0.492 e. The molecule has 2 aromatic carbocycles. The zero-order valence-electron chi connectivity index (χ0n) is 22.2. The summed E-state index contributed by atoms with van der Waals surface area (Å²) in [5.74, 6) is -0.0612. The van der Waals surface area contributed by atoms with Gasteiger partial charge in [-0.05, 0) is 57.4 Å². The molecule has 0 bridgehead atoms. The highest BCUT2D eigenvalue weighted by Gasteiger charge is 2.28. The monoisotopic (exact) mass is 551 g/mol. The highest BCUT2D eigenvalue weighted by atomic mass is 35.5. The number of nitrogens with one attached hydrogen (secondary N) is 1. The minimum atomic E-state index is -3.63. The number of hydrogen-bond donors (Lipinski definition) is 1. The van der Waals surface area contributed by atoms with Crippen LogP contribution in [0.2, 0.25) is 5.02 Å². The summed E-state index contributed by atoms with van der Waals surface area (Å²) in [6, 6.07) is 13.3. The van der Waals surface area contributed by atoms with Crippen LogP contribution < -0.4 is 14.4 Å². The molecule has 2 amide bonds. The van der Waals surface area contributed by atoms with Crippen LogP contribution in [0.5, 0.6) is 5.75 Å². The number of carbonyl (C=O) groups excluding carboxylic acids is 2. The van der Waals surface area contributed by atoms with Gasteiger partial charge in [-0.15, -0.1) is 0 Å². The molecule has 0 aliphatic carbocycles. The van der Waals surface area contributed by atoms with Crippen molar-refractivity contribution < 1.29 is 22.7 Å². The summed E-state index contributed by atoms with van der Waals surface area (Å²) < 4.78 is 32.1. The molecule has 37 heavy (non-hydrogen) atoms. The van der Waals surface area contributed by atoms with Crippen LogP contribution >= 0.6 is 11.6 Å². The number of para-hydroxylation sites is 2. The average molecular weight is 552 g/mol. The number of hydrogen-bond acceptors (Lipinski definition) is 5. The van der Waals surface area contributed by atoms with E-state index in [2.05, 4.69) is 5.32 Å². The second kappa shape index (κ2) is 14.2. The topological polar surface area (TPSA) is 96.0 Å². The summed E-state index contributed by atoms with van der Waals surface area (Å²) in [6.07, 6.45) is 2.20. The zero-order chi connectivity index (χ0) is 27.6. The van der Waals surface area contributed by atoms with Crippen LogP contribution in [0.1, 0.15) is 52.5 Å². The van der Waals surface area contributed by atoms with Crippen molar-refractivity contribution in [3.05, 3.63) is 59.1 Å². The van der Waals surface area contributed by atoms with Gasteiger partial charge in [0.2, 0.25) is 21.8 Å². The van der Waals surface area contributed by atoms with E-state index < -0.39 is 16.1 Å². The van der Waals surface area contributed by atoms with E-state index in [9.17, 15) is 18.0 Å². The molecule has 2 atom stereocenters. The first kappa shape index (κ1) is 30.4. The normalized spacial score (nSPS) is 12.9. The largest absolute Gasteiger partial charge is 0.492 e. The molecule has 0 heterocycles. The quantitative estimate of drug-likeness (QED) is 0.370. The molecule has 0 saturated heterocycles. The number of benzene rings is 2. The fourth-order valence-electron chi connectivity index (χ4n) is 3.78. The molecule has 10 heteroatoms. The lowest BCUT2D eigenvalue weighted by Crippen LogP contribution is -2.49. The Morgan fingerprint density at radius 1 is 1.05 bits per heavy atom. The van der Waals surface area contributed by atoms with Crippen molar-refractivity contribution in [2.24, 2.45) is 0 Å². The number of halogens is 1. The predicted molar refractivity (Wildman–Crippen MR) is 148 cm³/mol. The molecule has 0 spiro atoms. The Bertz CT molecular complexity index is 1160. The fourth-order valence-corrected chi connectivity index (χ4v) is 4.95. The molecule has 204 valence electrons. The number of carbonyl (C=O) groups is 2. The van der Waals surface area contributed by atoms with Crippen LogP contribution in [0.25, 0.3) is 0 Å². The highest BCUT2D eigenvalue weighted by Crippen LogP contribution is 2.30. The van der Waals surface area contributed by atoms with E-state index in [0.717, 1.165) is 18.2 Å². The van der Waals surface area contributed by atoms with Gasteiger partial charge in [0.1, 0.15) is 11.8 Å². The number of amides is 2. The predicted octanol–water partition coefficient (Wildman–Crippen LogP) is 4.62. The maximum Gasteiger partial charge on any atom is 0.242 e. The van der Waals surface area contributed by atoms with Crippen LogP contribution in [0.3, 0.4) is 0 Å². The second-order valence-corrected chi connectivity index (χ2v) is 11.3. The van der Waals surface area contributed by atoms with Gasteiger partial charge in [0, 0.05) is 30.6 Å². The molecule has 0 unspecified atom stereocenters. The molecule has 0 fully saturated rings. The van der Waals surface area contributed by atoms with Gasteiger partial charge in [-0.3, -0.25) is 13.9 Å². The van der Waals surface area contributed by atoms with Crippen molar-refractivity contribution in [1.82, 2.24) is 10.2 Å². The van der Waals surface area contributed by atoms with Crippen LogP contribution in [-0.2, 0) is 26.2 Å². The van der Waals surface area contributed by atoms with E-state index in [-0.39, 0.29) is 43.8 Å². The Labute approximate surface area is 226 Å². The molecule has 2 aromatic rings. The first-order valence-corrected chi connectivity index (χ1v) is 14.7. The fraction of sp³-hybridized carbons (Fsp3) is 0.481. The second-order valence-electron chi connectivity index (χ2n) is 8.95. The molecule has 0 aliphatic heterocycles.